The third kappa shape index (κ3) is 4.31. The zero-order valence-electron chi connectivity index (χ0n) is 13.6. The van der Waals surface area contributed by atoms with Crippen LogP contribution in [0.4, 0.5) is 0 Å². The Morgan fingerprint density at radius 3 is 2.45 bits per heavy atom. The highest BCUT2D eigenvalue weighted by Crippen LogP contribution is 2.25. The van der Waals surface area contributed by atoms with E-state index in [0.717, 1.165) is 6.54 Å². The van der Waals surface area contributed by atoms with Crippen molar-refractivity contribution in [2.24, 2.45) is 5.92 Å². The molecule has 2 fully saturated rings. The van der Waals surface area contributed by atoms with Crippen molar-refractivity contribution in [3.05, 3.63) is 35.9 Å². The zero-order valence-corrected chi connectivity index (χ0v) is 13.6. The largest absolute Gasteiger partial charge is 0.396 e. The summed E-state index contributed by atoms with van der Waals surface area (Å²) in [5.74, 6) is 0.482. The fourth-order valence-electron chi connectivity index (χ4n) is 4.05. The second kappa shape index (κ2) is 8.09. The van der Waals surface area contributed by atoms with Crippen LogP contribution < -0.4 is 5.32 Å². The van der Waals surface area contributed by atoms with Crippen LogP contribution in [0.3, 0.4) is 0 Å². The van der Waals surface area contributed by atoms with Crippen LogP contribution in [0.25, 0.3) is 0 Å². The van der Waals surface area contributed by atoms with Crippen molar-refractivity contribution in [2.45, 2.75) is 57.2 Å². The SMILES string of the molecule is OCC1CCCCC1NC1CCN(Cc2ccccc2)CC1. The molecule has 1 saturated carbocycles. The number of nitrogens with one attached hydrogen (secondary N) is 1. The van der Waals surface area contributed by atoms with Crippen molar-refractivity contribution >= 4 is 0 Å². The van der Waals surface area contributed by atoms with Gasteiger partial charge < -0.3 is 10.4 Å². The molecule has 1 aliphatic heterocycles. The Morgan fingerprint density at radius 2 is 1.73 bits per heavy atom. The number of likely N-dealkylation sites (tertiary alicyclic amines) is 1. The van der Waals surface area contributed by atoms with Crippen LogP contribution in [-0.2, 0) is 6.54 Å². The van der Waals surface area contributed by atoms with Crippen LogP contribution in [0.1, 0.15) is 44.1 Å². The summed E-state index contributed by atoms with van der Waals surface area (Å²) >= 11 is 0. The van der Waals surface area contributed by atoms with Gasteiger partial charge in [-0.15, -0.1) is 0 Å². The van der Waals surface area contributed by atoms with Gasteiger partial charge in [-0.05, 0) is 50.3 Å². The Morgan fingerprint density at radius 1 is 1.00 bits per heavy atom. The van der Waals surface area contributed by atoms with Gasteiger partial charge >= 0.3 is 0 Å². The maximum Gasteiger partial charge on any atom is 0.0474 e. The molecule has 2 aliphatic rings. The van der Waals surface area contributed by atoms with Gasteiger partial charge in [0.05, 0.1) is 0 Å². The van der Waals surface area contributed by atoms with Crippen LogP contribution in [0.15, 0.2) is 30.3 Å². The Kier molecular flexibility index (Phi) is 5.88. The first-order chi connectivity index (χ1) is 10.8. The van der Waals surface area contributed by atoms with E-state index < -0.39 is 0 Å². The minimum atomic E-state index is 0.352. The van der Waals surface area contributed by atoms with E-state index in [0.29, 0.717) is 24.6 Å². The molecule has 0 aromatic heterocycles. The molecule has 3 rings (SSSR count). The van der Waals surface area contributed by atoms with Crippen molar-refractivity contribution in [1.29, 1.82) is 0 Å². The molecule has 0 amide bonds. The second-order valence-corrected chi connectivity index (χ2v) is 7.04. The smallest absolute Gasteiger partial charge is 0.0474 e. The van der Waals surface area contributed by atoms with Gasteiger partial charge in [-0.2, -0.15) is 0 Å². The number of rotatable bonds is 5. The molecule has 1 heterocycles. The molecule has 2 atom stereocenters. The van der Waals surface area contributed by atoms with Gasteiger partial charge in [-0.1, -0.05) is 43.2 Å². The summed E-state index contributed by atoms with van der Waals surface area (Å²) in [6.45, 7) is 3.80. The summed E-state index contributed by atoms with van der Waals surface area (Å²) < 4.78 is 0. The minimum absolute atomic E-state index is 0.352. The first-order valence-electron chi connectivity index (χ1n) is 8.98. The van der Waals surface area contributed by atoms with Crippen LogP contribution in [0.2, 0.25) is 0 Å². The third-order valence-electron chi connectivity index (χ3n) is 5.43. The topological polar surface area (TPSA) is 35.5 Å². The number of aliphatic hydroxyl groups excluding tert-OH is 1. The summed E-state index contributed by atoms with van der Waals surface area (Å²) in [6.07, 6.45) is 7.53. The predicted octanol–water partition coefficient (Wildman–Crippen LogP) is 2.79. The number of benzene rings is 1. The fourth-order valence-corrected chi connectivity index (χ4v) is 4.05. The van der Waals surface area contributed by atoms with Crippen molar-refractivity contribution in [2.75, 3.05) is 19.7 Å². The van der Waals surface area contributed by atoms with Gasteiger partial charge in [0.2, 0.25) is 0 Å². The lowest BCUT2D eigenvalue weighted by Crippen LogP contribution is -2.49. The zero-order chi connectivity index (χ0) is 15.2. The number of hydrogen-bond donors (Lipinski definition) is 2. The molecular weight excluding hydrogens is 272 g/mol. The van der Waals surface area contributed by atoms with E-state index in [-0.39, 0.29) is 0 Å². The van der Waals surface area contributed by atoms with Gasteiger partial charge in [0, 0.05) is 25.2 Å². The number of aliphatic hydroxyl groups is 1. The summed E-state index contributed by atoms with van der Waals surface area (Å²) in [5, 5.41) is 13.4. The van der Waals surface area contributed by atoms with Gasteiger partial charge in [-0.25, -0.2) is 0 Å². The second-order valence-electron chi connectivity index (χ2n) is 7.04. The molecule has 0 radical (unpaired) electrons. The number of nitrogens with zero attached hydrogens (tertiary/aromatic N) is 1. The van der Waals surface area contributed by atoms with E-state index in [9.17, 15) is 5.11 Å². The minimum Gasteiger partial charge on any atom is -0.396 e. The monoisotopic (exact) mass is 302 g/mol. The third-order valence-corrected chi connectivity index (χ3v) is 5.43. The molecule has 2 unspecified atom stereocenters. The molecule has 1 aromatic carbocycles. The van der Waals surface area contributed by atoms with Crippen molar-refractivity contribution in [3.63, 3.8) is 0 Å². The summed E-state index contributed by atoms with van der Waals surface area (Å²) in [4.78, 5) is 2.57. The highest BCUT2D eigenvalue weighted by Gasteiger charge is 2.28. The number of piperidine rings is 1. The Bertz CT molecular complexity index is 428. The van der Waals surface area contributed by atoms with Gasteiger partial charge in [0.1, 0.15) is 0 Å². The summed E-state index contributed by atoms with van der Waals surface area (Å²) in [7, 11) is 0. The lowest BCUT2D eigenvalue weighted by Gasteiger charge is -2.38. The van der Waals surface area contributed by atoms with Crippen LogP contribution in [0, 0.1) is 5.92 Å². The summed E-state index contributed by atoms with van der Waals surface area (Å²) in [6, 6.07) is 12.0. The molecule has 122 valence electrons. The van der Waals surface area contributed by atoms with E-state index in [2.05, 4.69) is 40.5 Å². The number of hydrogen-bond acceptors (Lipinski definition) is 3. The molecule has 3 nitrogen and oxygen atoms in total. The van der Waals surface area contributed by atoms with E-state index in [1.54, 1.807) is 0 Å². The molecule has 2 N–H and O–H groups in total. The van der Waals surface area contributed by atoms with Gasteiger partial charge in [-0.3, -0.25) is 4.90 Å². The van der Waals surface area contributed by atoms with Crippen molar-refractivity contribution in [1.82, 2.24) is 10.2 Å². The Balaban J connectivity index is 1.43. The lowest BCUT2D eigenvalue weighted by atomic mass is 9.84. The van der Waals surface area contributed by atoms with Crippen LogP contribution in [0.5, 0.6) is 0 Å². The first-order valence-corrected chi connectivity index (χ1v) is 8.98. The van der Waals surface area contributed by atoms with Crippen LogP contribution >= 0.6 is 0 Å². The van der Waals surface area contributed by atoms with Crippen LogP contribution in [-0.4, -0.2) is 41.8 Å². The van der Waals surface area contributed by atoms with Crippen molar-refractivity contribution < 1.29 is 5.11 Å². The van der Waals surface area contributed by atoms with E-state index in [1.165, 1.54) is 57.2 Å². The lowest BCUT2D eigenvalue weighted by molar-refractivity contribution is 0.126. The van der Waals surface area contributed by atoms with E-state index in [1.807, 2.05) is 0 Å². The molecular formula is C19H30N2O. The molecule has 1 aromatic rings. The maximum atomic E-state index is 9.55. The molecule has 0 spiro atoms. The first kappa shape index (κ1) is 16.0. The standard InChI is InChI=1S/C19H30N2O/c22-15-17-8-4-5-9-19(17)20-18-10-12-21(13-11-18)14-16-6-2-1-3-7-16/h1-3,6-7,17-20,22H,4-5,8-15H2. The molecule has 0 bridgehead atoms. The van der Waals surface area contributed by atoms with E-state index in [4.69, 9.17) is 0 Å². The Labute approximate surface area is 134 Å². The molecule has 3 heteroatoms. The molecule has 1 saturated heterocycles. The van der Waals surface area contributed by atoms with E-state index >= 15 is 0 Å². The quantitative estimate of drug-likeness (QED) is 0.878. The highest BCUT2D eigenvalue weighted by atomic mass is 16.3. The average molecular weight is 302 g/mol. The molecule has 22 heavy (non-hydrogen) atoms. The average Bonchev–Trinajstić information content (AvgIpc) is 2.58. The fraction of sp³-hybridized carbons (Fsp3) is 0.684. The van der Waals surface area contributed by atoms with Gasteiger partial charge in [0.15, 0.2) is 0 Å². The normalized spacial score (nSPS) is 27.9. The van der Waals surface area contributed by atoms with Gasteiger partial charge in [0.25, 0.3) is 0 Å². The summed E-state index contributed by atoms with van der Waals surface area (Å²) in [5.41, 5.74) is 1.42. The maximum absolute atomic E-state index is 9.55. The van der Waals surface area contributed by atoms with Crippen molar-refractivity contribution in [3.8, 4) is 0 Å². The predicted molar refractivity (Wildman–Crippen MR) is 90.7 cm³/mol. The molecule has 1 aliphatic carbocycles. The highest BCUT2D eigenvalue weighted by molar-refractivity contribution is 5.14. The Hall–Kier alpha value is -0.900.